The molecule has 0 amide bonds. The van der Waals surface area contributed by atoms with E-state index in [1.807, 2.05) is 24.3 Å². The van der Waals surface area contributed by atoms with Crippen molar-refractivity contribution in [3.8, 4) is 33.8 Å². The summed E-state index contributed by atoms with van der Waals surface area (Å²) in [6, 6.07) is 22.9. The summed E-state index contributed by atoms with van der Waals surface area (Å²) in [5.41, 5.74) is 5.97. The molecule has 0 aromatic heterocycles. The van der Waals surface area contributed by atoms with Gasteiger partial charge in [-0.05, 0) is 114 Å². The summed E-state index contributed by atoms with van der Waals surface area (Å²) in [4.78, 5) is 23.8. The van der Waals surface area contributed by atoms with E-state index in [0.717, 1.165) is 58.6 Å². The summed E-state index contributed by atoms with van der Waals surface area (Å²) < 4.78 is 27.4. The van der Waals surface area contributed by atoms with Gasteiger partial charge in [-0.1, -0.05) is 88.2 Å². The minimum atomic E-state index is -0.626. The first-order valence-corrected chi connectivity index (χ1v) is 19.7. The van der Waals surface area contributed by atoms with Gasteiger partial charge in [-0.15, -0.1) is 0 Å². The van der Waals surface area contributed by atoms with Crippen molar-refractivity contribution in [2.24, 2.45) is 17.8 Å². The molecule has 0 atom stereocenters. The standard InChI is InChI=1S/C46H58O8/c1-5-6-34-7-9-35(10-8-34)37-15-17-40(18-16-37)43-29-41(21-24-44(43)52-26-28-54-46(49)33(3)31-50-4)39-13-11-36(12-14-39)38-19-22-42(23-20-38)51-25-27-53-45(48)32(2)30-47/h11-14,19-24,29,34-35,37,40,47H,2-3,5-10,15-18,25-28,30-31H2,1,4H3. The highest BCUT2D eigenvalue weighted by Gasteiger charge is 2.32. The van der Waals surface area contributed by atoms with Crippen LogP contribution in [0.1, 0.15) is 82.6 Å². The third kappa shape index (κ3) is 11.6. The molecule has 0 unspecified atom stereocenters. The molecule has 2 aliphatic carbocycles. The summed E-state index contributed by atoms with van der Waals surface area (Å²) in [6.07, 6.45) is 13.2. The van der Waals surface area contributed by atoms with Gasteiger partial charge >= 0.3 is 11.9 Å². The Labute approximate surface area is 321 Å². The van der Waals surface area contributed by atoms with Crippen LogP contribution in [0.4, 0.5) is 0 Å². The predicted molar refractivity (Wildman–Crippen MR) is 213 cm³/mol. The molecule has 0 radical (unpaired) electrons. The minimum absolute atomic E-state index is 0.0161. The van der Waals surface area contributed by atoms with Crippen LogP contribution < -0.4 is 9.47 Å². The van der Waals surface area contributed by atoms with E-state index in [2.05, 4.69) is 62.5 Å². The van der Waals surface area contributed by atoms with Crippen molar-refractivity contribution in [3.05, 3.63) is 96.6 Å². The van der Waals surface area contributed by atoms with Crippen molar-refractivity contribution >= 4 is 11.9 Å². The van der Waals surface area contributed by atoms with Crippen molar-refractivity contribution < 1.29 is 38.4 Å². The maximum atomic E-state index is 12.2. The lowest BCUT2D eigenvalue weighted by molar-refractivity contribution is -0.141. The fraction of sp³-hybridized carbons (Fsp3) is 0.478. The van der Waals surface area contributed by atoms with E-state index in [4.69, 9.17) is 28.8 Å². The maximum absolute atomic E-state index is 12.2. The predicted octanol–water partition coefficient (Wildman–Crippen LogP) is 9.50. The van der Waals surface area contributed by atoms with Crippen LogP contribution in [0.5, 0.6) is 11.5 Å². The summed E-state index contributed by atoms with van der Waals surface area (Å²) in [5, 5.41) is 8.98. The number of carbonyl (C=O) groups excluding carboxylic acids is 2. The molecule has 3 aromatic carbocycles. The van der Waals surface area contributed by atoms with Gasteiger partial charge in [0.15, 0.2) is 0 Å². The second-order valence-electron chi connectivity index (χ2n) is 14.8. The highest BCUT2D eigenvalue weighted by molar-refractivity contribution is 5.88. The van der Waals surface area contributed by atoms with E-state index < -0.39 is 18.5 Å². The SMILES string of the molecule is C=C(CO)C(=O)OCCOc1ccc(-c2ccc(-c3ccc(OCCOC(=O)C(=C)COC)c(C4CCC(C5CCC(CCC)CC5)CC4)c3)cc2)cc1. The topological polar surface area (TPSA) is 101 Å². The van der Waals surface area contributed by atoms with Gasteiger partial charge in [-0.2, -0.15) is 0 Å². The second kappa shape index (κ2) is 20.9. The van der Waals surface area contributed by atoms with Gasteiger partial charge in [0.2, 0.25) is 0 Å². The Balaban J connectivity index is 1.22. The minimum Gasteiger partial charge on any atom is -0.490 e. The normalized spacial score (nSPS) is 19.8. The summed E-state index contributed by atoms with van der Waals surface area (Å²) in [6.45, 7) is 9.88. The first-order chi connectivity index (χ1) is 26.3. The van der Waals surface area contributed by atoms with Crippen molar-refractivity contribution in [2.45, 2.75) is 77.0 Å². The Morgan fingerprint density at radius 2 is 1.19 bits per heavy atom. The molecule has 0 aliphatic heterocycles. The quantitative estimate of drug-likeness (QED) is 0.0738. The number of hydrogen-bond acceptors (Lipinski definition) is 8. The van der Waals surface area contributed by atoms with Gasteiger partial charge in [-0.25, -0.2) is 9.59 Å². The highest BCUT2D eigenvalue weighted by atomic mass is 16.6. The van der Waals surface area contributed by atoms with Gasteiger partial charge < -0.3 is 28.8 Å². The third-order valence-electron chi connectivity index (χ3n) is 11.1. The van der Waals surface area contributed by atoms with Crippen LogP contribution in [0, 0.1) is 17.8 Å². The summed E-state index contributed by atoms with van der Waals surface area (Å²) >= 11 is 0. The Bertz CT molecular complexity index is 1660. The van der Waals surface area contributed by atoms with E-state index in [1.54, 1.807) is 0 Å². The number of carbonyl (C=O) groups is 2. The van der Waals surface area contributed by atoms with Crippen LogP contribution in [-0.2, 0) is 23.8 Å². The monoisotopic (exact) mass is 738 g/mol. The molecule has 3 aromatic rings. The molecule has 2 saturated carbocycles. The lowest BCUT2D eigenvalue weighted by atomic mass is 9.68. The van der Waals surface area contributed by atoms with Crippen LogP contribution in [0.25, 0.3) is 22.3 Å². The van der Waals surface area contributed by atoms with Crippen LogP contribution in [0.2, 0.25) is 0 Å². The molecule has 0 heterocycles. The maximum Gasteiger partial charge on any atom is 0.335 e. The van der Waals surface area contributed by atoms with Gasteiger partial charge in [0.05, 0.1) is 24.4 Å². The molecule has 54 heavy (non-hydrogen) atoms. The average Bonchev–Trinajstić information content (AvgIpc) is 3.21. The zero-order valence-electron chi connectivity index (χ0n) is 32.2. The third-order valence-corrected chi connectivity index (χ3v) is 11.1. The number of esters is 2. The number of aliphatic hydroxyl groups is 1. The van der Waals surface area contributed by atoms with Gasteiger partial charge in [0.1, 0.15) is 37.9 Å². The molecule has 0 spiro atoms. The highest BCUT2D eigenvalue weighted by Crippen LogP contribution is 2.46. The number of rotatable bonds is 19. The van der Waals surface area contributed by atoms with Gasteiger partial charge in [0, 0.05) is 7.11 Å². The number of methoxy groups -OCH3 is 1. The molecule has 1 N–H and O–H groups in total. The smallest absolute Gasteiger partial charge is 0.335 e. The molecule has 2 fully saturated rings. The van der Waals surface area contributed by atoms with Gasteiger partial charge in [0.25, 0.3) is 0 Å². The van der Waals surface area contributed by atoms with Crippen LogP contribution >= 0.6 is 0 Å². The molecule has 0 saturated heterocycles. The van der Waals surface area contributed by atoms with Crippen LogP contribution in [0.3, 0.4) is 0 Å². The van der Waals surface area contributed by atoms with E-state index >= 15 is 0 Å². The fourth-order valence-electron chi connectivity index (χ4n) is 8.12. The molecule has 2 aliphatic rings. The first kappa shape index (κ1) is 40.8. The van der Waals surface area contributed by atoms with Crippen molar-refractivity contribution in [3.63, 3.8) is 0 Å². The number of ether oxygens (including phenoxy) is 5. The van der Waals surface area contributed by atoms with Crippen LogP contribution in [0.15, 0.2) is 91.0 Å². The number of aliphatic hydroxyl groups excluding tert-OH is 1. The Morgan fingerprint density at radius 1 is 0.667 bits per heavy atom. The molecule has 5 rings (SSSR count). The average molecular weight is 739 g/mol. The van der Waals surface area contributed by atoms with E-state index in [9.17, 15) is 9.59 Å². The summed E-state index contributed by atoms with van der Waals surface area (Å²) in [7, 11) is 1.52. The van der Waals surface area contributed by atoms with Crippen molar-refractivity contribution in [1.29, 1.82) is 0 Å². The Kier molecular flexibility index (Phi) is 15.8. The van der Waals surface area contributed by atoms with E-state index in [-0.39, 0.29) is 44.2 Å². The fourth-order valence-corrected chi connectivity index (χ4v) is 8.12. The zero-order valence-corrected chi connectivity index (χ0v) is 32.2. The molecular weight excluding hydrogens is 680 g/mol. The molecule has 8 nitrogen and oxygen atoms in total. The molecule has 290 valence electrons. The molecular formula is C46H58O8. The van der Waals surface area contributed by atoms with E-state index in [0.29, 0.717) is 11.7 Å². The van der Waals surface area contributed by atoms with Crippen molar-refractivity contribution in [1.82, 2.24) is 0 Å². The van der Waals surface area contributed by atoms with Gasteiger partial charge in [-0.3, -0.25) is 0 Å². The van der Waals surface area contributed by atoms with Crippen LogP contribution in [-0.4, -0.2) is 63.8 Å². The largest absolute Gasteiger partial charge is 0.490 e. The van der Waals surface area contributed by atoms with Crippen molar-refractivity contribution in [2.75, 3.05) is 46.8 Å². The number of benzene rings is 3. The molecule has 8 heteroatoms. The Hall–Kier alpha value is -4.40. The first-order valence-electron chi connectivity index (χ1n) is 19.7. The second-order valence-corrected chi connectivity index (χ2v) is 14.8. The molecule has 0 bridgehead atoms. The Morgan fingerprint density at radius 3 is 1.76 bits per heavy atom. The lowest BCUT2D eigenvalue weighted by Crippen LogP contribution is -2.25. The number of hydrogen-bond donors (Lipinski definition) is 1. The lowest BCUT2D eigenvalue weighted by Gasteiger charge is -2.38. The summed E-state index contributed by atoms with van der Waals surface area (Å²) in [5.74, 6) is 3.50. The zero-order chi connectivity index (χ0) is 38.3. The van der Waals surface area contributed by atoms with E-state index in [1.165, 1.54) is 64.0 Å².